The minimum Gasteiger partial charge on any atom is -0.444 e. The molecule has 4 heterocycles. The molecule has 2 unspecified atom stereocenters. The van der Waals surface area contributed by atoms with Crippen molar-refractivity contribution in [2.75, 3.05) is 5.32 Å². The standard InChI is InChI=1S/C22H30F3N5O2/c1-12(2)16-11-26-30-18(10-17(22(23,24)25)28-19(16)30)27-13-8-14-6-7-15(9-13)29(14)20(31)32-21(3,4)5/h10-15,27H,6-9H2,1-5H3. The first-order valence-electron chi connectivity index (χ1n) is 11.1. The molecule has 0 saturated carbocycles. The molecule has 7 nitrogen and oxygen atoms in total. The number of alkyl halides is 3. The molecule has 2 fully saturated rings. The molecule has 0 radical (unpaired) electrons. The second-order valence-electron chi connectivity index (χ2n) is 10.1. The van der Waals surface area contributed by atoms with Gasteiger partial charge in [0.05, 0.1) is 6.20 Å². The number of fused-ring (bicyclic) bond motifs is 3. The van der Waals surface area contributed by atoms with Gasteiger partial charge in [0.1, 0.15) is 11.4 Å². The van der Waals surface area contributed by atoms with Crippen LogP contribution in [0.5, 0.6) is 0 Å². The quantitative estimate of drug-likeness (QED) is 0.691. The highest BCUT2D eigenvalue weighted by atomic mass is 19.4. The van der Waals surface area contributed by atoms with E-state index in [1.807, 2.05) is 39.5 Å². The largest absolute Gasteiger partial charge is 0.444 e. The molecule has 32 heavy (non-hydrogen) atoms. The van der Waals surface area contributed by atoms with Crippen LogP contribution < -0.4 is 5.32 Å². The van der Waals surface area contributed by atoms with Gasteiger partial charge in [-0.15, -0.1) is 0 Å². The van der Waals surface area contributed by atoms with E-state index in [0.717, 1.165) is 18.9 Å². The molecule has 1 amide bonds. The lowest BCUT2D eigenvalue weighted by molar-refractivity contribution is -0.141. The number of halogens is 3. The van der Waals surface area contributed by atoms with Crippen LogP contribution in [0.15, 0.2) is 12.3 Å². The number of anilines is 1. The summed E-state index contributed by atoms with van der Waals surface area (Å²) in [6.45, 7) is 9.31. The summed E-state index contributed by atoms with van der Waals surface area (Å²) < 4.78 is 47.7. The van der Waals surface area contributed by atoms with E-state index < -0.39 is 17.5 Å². The third kappa shape index (κ3) is 4.36. The number of nitrogens with one attached hydrogen (secondary N) is 1. The number of amides is 1. The predicted octanol–water partition coefficient (Wildman–Crippen LogP) is 5.21. The van der Waals surface area contributed by atoms with Gasteiger partial charge in [-0.2, -0.15) is 22.8 Å². The molecule has 176 valence electrons. The number of hydrogen-bond acceptors (Lipinski definition) is 5. The Bertz CT molecular complexity index is 997. The average molecular weight is 454 g/mol. The Morgan fingerprint density at radius 3 is 2.34 bits per heavy atom. The highest BCUT2D eigenvalue weighted by Crippen LogP contribution is 2.38. The van der Waals surface area contributed by atoms with Gasteiger partial charge in [0, 0.05) is 29.8 Å². The van der Waals surface area contributed by atoms with Gasteiger partial charge >= 0.3 is 12.3 Å². The summed E-state index contributed by atoms with van der Waals surface area (Å²) in [5.41, 5.74) is -0.634. The third-order valence-electron chi connectivity index (χ3n) is 6.10. The number of ether oxygens (including phenoxy) is 1. The third-order valence-corrected chi connectivity index (χ3v) is 6.10. The molecule has 4 rings (SSSR count). The molecule has 2 bridgehead atoms. The SMILES string of the molecule is CC(C)c1cnn2c(NC3CC4CCC(C3)N4C(=O)OC(C)(C)C)cc(C(F)(F)F)nc12. The number of hydrogen-bond donors (Lipinski definition) is 1. The molecule has 2 aromatic heterocycles. The maximum atomic E-state index is 13.5. The molecule has 0 spiro atoms. The highest BCUT2D eigenvalue weighted by molar-refractivity contribution is 5.70. The van der Waals surface area contributed by atoms with Crippen molar-refractivity contribution in [1.29, 1.82) is 0 Å². The Hall–Kier alpha value is -2.52. The Morgan fingerprint density at radius 2 is 1.81 bits per heavy atom. The Morgan fingerprint density at radius 1 is 1.19 bits per heavy atom. The number of carbonyl (C=O) groups is 1. The zero-order valence-corrected chi connectivity index (χ0v) is 19.0. The van der Waals surface area contributed by atoms with Gasteiger partial charge in [-0.3, -0.25) is 0 Å². The molecule has 2 aromatic rings. The van der Waals surface area contributed by atoms with Crippen molar-refractivity contribution in [2.24, 2.45) is 0 Å². The maximum Gasteiger partial charge on any atom is 0.433 e. The molecule has 2 saturated heterocycles. The first-order chi connectivity index (χ1) is 14.8. The van der Waals surface area contributed by atoms with E-state index in [9.17, 15) is 18.0 Å². The van der Waals surface area contributed by atoms with Crippen molar-refractivity contribution in [3.8, 4) is 0 Å². The smallest absolute Gasteiger partial charge is 0.433 e. The van der Waals surface area contributed by atoms with E-state index >= 15 is 0 Å². The maximum absolute atomic E-state index is 13.5. The van der Waals surface area contributed by atoms with Crippen LogP contribution >= 0.6 is 0 Å². The van der Waals surface area contributed by atoms with Crippen LogP contribution in [-0.2, 0) is 10.9 Å². The van der Waals surface area contributed by atoms with E-state index in [0.29, 0.717) is 18.4 Å². The molecule has 10 heteroatoms. The van der Waals surface area contributed by atoms with Crippen molar-refractivity contribution in [3.05, 3.63) is 23.5 Å². The number of carbonyl (C=O) groups excluding carboxylic acids is 1. The van der Waals surface area contributed by atoms with Gasteiger partial charge < -0.3 is 15.0 Å². The zero-order valence-electron chi connectivity index (χ0n) is 19.0. The van der Waals surface area contributed by atoms with Crippen LogP contribution in [0.1, 0.15) is 77.5 Å². The van der Waals surface area contributed by atoms with Crippen LogP contribution in [0.25, 0.3) is 5.65 Å². The topological polar surface area (TPSA) is 71.8 Å². The molecular formula is C22H30F3N5O2. The summed E-state index contributed by atoms with van der Waals surface area (Å²) in [6, 6.07) is 0.949. The molecule has 0 aliphatic carbocycles. The Balaban J connectivity index is 1.59. The van der Waals surface area contributed by atoms with Crippen molar-refractivity contribution < 1.29 is 22.7 Å². The summed E-state index contributed by atoms with van der Waals surface area (Å²) in [5.74, 6) is 0.258. The fourth-order valence-electron chi connectivity index (χ4n) is 4.75. The molecule has 2 aliphatic heterocycles. The lowest BCUT2D eigenvalue weighted by atomic mass is 9.97. The predicted molar refractivity (Wildman–Crippen MR) is 114 cm³/mol. The minimum atomic E-state index is -4.56. The Kier molecular flexibility index (Phi) is 5.53. The van der Waals surface area contributed by atoms with E-state index in [1.54, 1.807) is 6.20 Å². The lowest BCUT2D eigenvalue weighted by Gasteiger charge is -2.40. The van der Waals surface area contributed by atoms with Crippen molar-refractivity contribution in [2.45, 2.75) is 96.1 Å². The van der Waals surface area contributed by atoms with Gasteiger partial charge in [-0.05, 0) is 52.4 Å². The molecule has 2 atom stereocenters. The van der Waals surface area contributed by atoms with E-state index in [2.05, 4.69) is 15.4 Å². The summed E-state index contributed by atoms with van der Waals surface area (Å²) in [4.78, 5) is 18.3. The van der Waals surface area contributed by atoms with Crippen LogP contribution in [0.4, 0.5) is 23.8 Å². The molecule has 0 aromatic carbocycles. The number of nitrogens with zero attached hydrogens (tertiary/aromatic N) is 4. The highest BCUT2D eigenvalue weighted by Gasteiger charge is 2.45. The normalized spacial score (nSPS) is 23.8. The molecular weight excluding hydrogens is 423 g/mol. The summed E-state index contributed by atoms with van der Waals surface area (Å²) in [7, 11) is 0. The summed E-state index contributed by atoms with van der Waals surface area (Å²) >= 11 is 0. The van der Waals surface area contributed by atoms with Crippen LogP contribution in [-0.4, -0.2) is 49.3 Å². The first kappa shape index (κ1) is 22.7. The van der Waals surface area contributed by atoms with Gasteiger partial charge in [-0.1, -0.05) is 13.8 Å². The molecule has 2 aliphatic rings. The van der Waals surface area contributed by atoms with Crippen molar-refractivity contribution in [3.63, 3.8) is 0 Å². The van der Waals surface area contributed by atoms with Crippen LogP contribution in [0.2, 0.25) is 0 Å². The van der Waals surface area contributed by atoms with Gasteiger partial charge in [-0.25, -0.2) is 9.78 Å². The monoisotopic (exact) mass is 453 g/mol. The Labute approximate surface area is 185 Å². The van der Waals surface area contributed by atoms with Crippen LogP contribution in [0, 0.1) is 0 Å². The number of aromatic nitrogens is 3. The lowest BCUT2D eigenvalue weighted by Crippen LogP contribution is -2.51. The van der Waals surface area contributed by atoms with Crippen LogP contribution in [0.3, 0.4) is 0 Å². The van der Waals surface area contributed by atoms with Gasteiger partial charge in [0.15, 0.2) is 11.3 Å². The van der Waals surface area contributed by atoms with E-state index in [-0.39, 0.29) is 41.6 Å². The number of piperidine rings is 1. The van der Waals surface area contributed by atoms with Crippen molar-refractivity contribution in [1.82, 2.24) is 19.5 Å². The molecule has 1 N–H and O–H groups in total. The summed E-state index contributed by atoms with van der Waals surface area (Å²) in [5, 5.41) is 7.58. The second-order valence-corrected chi connectivity index (χ2v) is 10.1. The van der Waals surface area contributed by atoms with E-state index in [4.69, 9.17) is 4.74 Å². The van der Waals surface area contributed by atoms with E-state index in [1.165, 1.54) is 4.52 Å². The fourth-order valence-corrected chi connectivity index (χ4v) is 4.75. The van der Waals surface area contributed by atoms with Crippen molar-refractivity contribution >= 4 is 17.6 Å². The minimum absolute atomic E-state index is 0.00404. The van der Waals surface area contributed by atoms with Gasteiger partial charge in [0.25, 0.3) is 0 Å². The zero-order chi connectivity index (χ0) is 23.4. The van der Waals surface area contributed by atoms with Gasteiger partial charge in [0.2, 0.25) is 0 Å². The first-order valence-corrected chi connectivity index (χ1v) is 11.1. The second kappa shape index (κ2) is 7.81. The fraction of sp³-hybridized carbons (Fsp3) is 0.682. The average Bonchev–Trinajstić information content (AvgIpc) is 3.19. The number of rotatable bonds is 3. The summed E-state index contributed by atoms with van der Waals surface area (Å²) in [6.07, 6.45) is -0.300.